The molecular formula is C9H11N5. The Labute approximate surface area is 81.6 Å². The van der Waals surface area contributed by atoms with Gasteiger partial charge in [-0.05, 0) is 19.1 Å². The second-order valence-electron chi connectivity index (χ2n) is 2.88. The molecule has 2 aromatic rings. The molecular weight excluding hydrogens is 178 g/mol. The van der Waals surface area contributed by atoms with Crippen LogP contribution in [0, 0.1) is 0 Å². The molecule has 5 nitrogen and oxygen atoms in total. The molecule has 0 aliphatic heterocycles. The molecule has 0 aliphatic carbocycles. The van der Waals surface area contributed by atoms with Crippen molar-refractivity contribution in [1.29, 1.82) is 0 Å². The third-order valence-electron chi connectivity index (χ3n) is 1.97. The van der Waals surface area contributed by atoms with Gasteiger partial charge in [0.1, 0.15) is 11.5 Å². The number of anilines is 1. The zero-order chi connectivity index (χ0) is 9.97. The van der Waals surface area contributed by atoms with E-state index in [1.807, 2.05) is 16.8 Å². The van der Waals surface area contributed by atoms with Crippen LogP contribution in [0.1, 0.15) is 6.92 Å². The molecule has 0 spiro atoms. The van der Waals surface area contributed by atoms with Crippen molar-refractivity contribution in [3.63, 3.8) is 0 Å². The maximum atomic E-state index is 5.45. The minimum Gasteiger partial charge on any atom is -0.382 e. The molecule has 0 aliphatic rings. The van der Waals surface area contributed by atoms with Gasteiger partial charge in [0.15, 0.2) is 5.82 Å². The first-order valence-corrected chi connectivity index (χ1v) is 4.42. The van der Waals surface area contributed by atoms with E-state index in [1.165, 1.54) is 0 Å². The fraction of sp³-hybridized carbons (Fsp3) is 0.222. The SMILES string of the molecule is CCn1ccnc1-c1ccc(N)nn1. The van der Waals surface area contributed by atoms with Crippen LogP contribution in [0.25, 0.3) is 11.5 Å². The highest BCUT2D eigenvalue weighted by atomic mass is 15.2. The van der Waals surface area contributed by atoms with Crippen LogP contribution < -0.4 is 5.73 Å². The summed E-state index contributed by atoms with van der Waals surface area (Å²) in [6.07, 6.45) is 3.66. The summed E-state index contributed by atoms with van der Waals surface area (Å²) < 4.78 is 2.00. The normalized spacial score (nSPS) is 10.4. The van der Waals surface area contributed by atoms with Gasteiger partial charge < -0.3 is 10.3 Å². The van der Waals surface area contributed by atoms with Gasteiger partial charge in [-0.25, -0.2) is 4.98 Å². The molecule has 0 radical (unpaired) electrons. The summed E-state index contributed by atoms with van der Waals surface area (Å²) in [5.74, 6) is 1.24. The van der Waals surface area contributed by atoms with Crippen molar-refractivity contribution in [2.45, 2.75) is 13.5 Å². The maximum Gasteiger partial charge on any atom is 0.160 e. The van der Waals surface area contributed by atoms with Crippen molar-refractivity contribution in [1.82, 2.24) is 19.7 Å². The monoisotopic (exact) mass is 189 g/mol. The van der Waals surface area contributed by atoms with Crippen molar-refractivity contribution in [2.75, 3.05) is 5.73 Å². The van der Waals surface area contributed by atoms with E-state index in [1.54, 1.807) is 12.3 Å². The third kappa shape index (κ3) is 1.44. The molecule has 5 heteroatoms. The highest BCUT2D eigenvalue weighted by Crippen LogP contribution is 2.13. The van der Waals surface area contributed by atoms with Crippen molar-refractivity contribution >= 4 is 5.82 Å². The number of hydrogen-bond donors (Lipinski definition) is 1. The first kappa shape index (κ1) is 8.68. The summed E-state index contributed by atoms with van der Waals surface area (Å²) in [5, 5.41) is 7.76. The summed E-state index contributed by atoms with van der Waals surface area (Å²) in [7, 11) is 0. The van der Waals surface area contributed by atoms with Crippen molar-refractivity contribution in [3.8, 4) is 11.5 Å². The molecule has 0 saturated carbocycles. The largest absolute Gasteiger partial charge is 0.382 e. The lowest BCUT2D eigenvalue weighted by atomic mass is 10.3. The Hall–Kier alpha value is -1.91. The van der Waals surface area contributed by atoms with Crippen molar-refractivity contribution in [3.05, 3.63) is 24.5 Å². The van der Waals surface area contributed by atoms with Crippen LogP contribution in [0.4, 0.5) is 5.82 Å². The van der Waals surface area contributed by atoms with Gasteiger partial charge in [0, 0.05) is 18.9 Å². The number of hydrogen-bond acceptors (Lipinski definition) is 4. The van der Waals surface area contributed by atoms with Gasteiger partial charge in [-0.15, -0.1) is 10.2 Å². The minimum atomic E-state index is 0.420. The Morgan fingerprint density at radius 2 is 2.21 bits per heavy atom. The fourth-order valence-corrected chi connectivity index (χ4v) is 1.26. The number of aryl methyl sites for hydroxylation is 1. The van der Waals surface area contributed by atoms with Crippen LogP contribution in [-0.4, -0.2) is 19.7 Å². The Balaban J connectivity index is 2.44. The summed E-state index contributed by atoms with van der Waals surface area (Å²) in [6, 6.07) is 3.54. The van der Waals surface area contributed by atoms with Gasteiger partial charge in [0.25, 0.3) is 0 Å². The zero-order valence-electron chi connectivity index (χ0n) is 7.88. The van der Waals surface area contributed by atoms with Crippen molar-refractivity contribution < 1.29 is 0 Å². The zero-order valence-corrected chi connectivity index (χ0v) is 7.88. The predicted molar refractivity (Wildman–Crippen MR) is 53.3 cm³/mol. The quantitative estimate of drug-likeness (QED) is 0.763. The molecule has 0 aromatic carbocycles. The Morgan fingerprint density at radius 3 is 2.86 bits per heavy atom. The second-order valence-corrected chi connectivity index (χ2v) is 2.88. The van der Waals surface area contributed by atoms with E-state index in [2.05, 4.69) is 22.1 Å². The molecule has 0 atom stereocenters. The smallest absolute Gasteiger partial charge is 0.160 e. The van der Waals surface area contributed by atoms with Gasteiger partial charge in [-0.2, -0.15) is 0 Å². The third-order valence-corrected chi connectivity index (χ3v) is 1.97. The maximum absolute atomic E-state index is 5.45. The highest BCUT2D eigenvalue weighted by Gasteiger charge is 2.05. The Morgan fingerprint density at radius 1 is 1.36 bits per heavy atom. The van der Waals surface area contributed by atoms with Gasteiger partial charge >= 0.3 is 0 Å². The summed E-state index contributed by atoms with van der Waals surface area (Å²) >= 11 is 0. The summed E-state index contributed by atoms with van der Waals surface area (Å²) in [5.41, 5.74) is 6.19. The van der Waals surface area contributed by atoms with E-state index in [0.717, 1.165) is 18.1 Å². The summed E-state index contributed by atoms with van der Waals surface area (Å²) in [4.78, 5) is 4.21. The number of nitrogens with two attached hydrogens (primary N) is 1. The number of nitrogens with zero attached hydrogens (tertiary/aromatic N) is 4. The van der Waals surface area contributed by atoms with E-state index in [9.17, 15) is 0 Å². The van der Waals surface area contributed by atoms with Gasteiger partial charge in [0.2, 0.25) is 0 Å². The predicted octanol–water partition coefficient (Wildman–Crippen LogP) is 0.942. The molecule has 0 unspecified atom stereocenters. The molecule has 0 saturated heterocycles. The molecule has 2 N–H and O–H groups in total. The molecule has 0 fully saturated rings. The molecule has 2 heterocycles. The Kier molecular flexibility index (Phi) is 2.14. The van der Waals surface area contributed by atoms with E-state index < -0.39 is 0 Å². The highest BCUT2D eigenvalue weighted by molar-refractivity contribution is 5.50. The van der Waals surface area contributed by atoms with Gasteiger partial charge in [-0.3, -0.25) is 0 Å². The van der Waals surface area contributed by atoms with Crippen LogP contribution in [-0.2, 0) is 6.54 Å². The van der Waals surface area contributed by atoms with Crippen LogP contribution in [0.3, 0.4) is 0 Å². The molecule has 2 aromatic heterocycles. The number of aromatic nitrogens is 4. The molecule has 14 heavy (non-hydrogen) atoms. The lowest BCUT2D eigenvalue weighted by Crippen LogP contribution is -2.00. The van der Waals surface area contributed by atoms with Crippen LogP contribution in [0.15, 0.2) is 24.5 Å². The van der Waals surface area contributed by atoms with E-state index in [4.69, 9.17) is 5.73 Å². The van der Waals surface area contributed by atoms with E-state index in [-0.39, 0.29) is 0 Å². The van der Waals surface area contributed by atoms with Crippen molar-refractivity contribution in [2.24, 2.45) is 0 Å². The Bertz CT molecular complexity index is 417. The van der Waals surface area contributed by atoms with Crippen LogP contribution >= 0.6 is 0 Å². The molecule has 0 bridgehead atoms. The van der Waals surface area contributed by atoms with Crippen LogP contribution in [0.5, 0.6) is 0 Å². The first-order valence-electron chi connectivity index (χ1n) is 4.42. The topological polar surface area (TPSA) is 69.6 Å². The second kappa shape index (κ2) is 3.45. The van der Waals surface area contributed by atoms with E-state index >= 15 is 0 Å². The molecule has 0 amide bonds. The van der Waals surface area contributed by atoms with Gasteiger partial charge in [0.05, 0.1) is 0 Å². The first-order chi connectivity index (χ1) is 6.81. The minimum absolute atomic E-state index is 0.420. The average Bonchev–Trinajstić information content (AvgIpc) is 2.67. The average molecular weight is 189 g/mol. The standard InChI is InChI=1S/C9H11N5/c1-2-14-6-5-11-9(14)7-3-4-8(10)13-12-7/h3-6H,2H2,1H3,(H2,10,13). The van der Waals surface area contributed by atoms with E-state index in [0.29, 0.717) is 5.82 Å². The molecule has 72 valence electrons. The number of rotatable bonds is 2. The number of imidazole rings is 1. The fourth-order valence-electron chi connectivity index (χ4n) is 1.26. The summed E-state index contributed by atoms with van der Waals surface area (Å²) in [6.45, 7) is 2.91. The van der Waals surface area contributed by atoms with Crippen LogP contribution in [0.2, 0.25) is 0 Å². The molecule has 2 rings (SSSR count). The lowest BCUT2D eigenvalue weighted by Gasteiger charge is -2.02. The number of nitrogen functional groups attached to an aromatic ring is 1. The lowest BCUT2D eigenvalue weighted by molar-refractivity contribution is 0.765. The van der Waals surface area contributed by atoms with Gasteiger partial charge in [-0.1, -0.05) is 0 Å².